The Labute approximate surface area is 152 Å². The van der Waals surface area contributed by atoms with E-state index >= 15 is 0 Å². The number of nitrogens with zero attached hydrogens (tertiary/aromatic N) is 3. The smallest absolute Gasteiger partial charge is 0.191 e. The van der Waals surface area contributed by atoms with E-state index in [2.05, 4.69) is 62.7 Å². The van der Waals surface area contributed by atoms with E-state index in [0.29, 0.717) is 6.04 Å². The molecule has 0 aliphatic carbocycles. The van der Waals surface area contributed by atoms with Crippen LogP contribution in [0.2, 0.25) is 0 Å². The Morgan fingerprint density at radius 3 is 2.52 bits per heavy atom. The largest absolute Gasteiger partial charge is 0.385 e. The van der Waals surface area contributed by atoms with E-state index in [1.54, 1.807) is 7.11 Å². The van der Waals surface area contributed by atoms with E-state index < -0.39 is 0 Å². The normalized spacial score (nSPS) is 17.4. The van der Waals surface area contributed by atoms with Crippen molar-refractivity contribution in [3.8, 4) is 0 Å². The third-order valence-corrected chi connectivity index (χ3v) is 4.67. The van der Waals surface area contributed by atoms with Crippen molar-refractivity contribution in [1.82, 2.24) is 15.5 Å². The number of hydrogen-bond acceptors (Lipinski definition) is 4. The van der Waals surface area contributed by atoms with Crippen LogP contribution in [0.15, 0.2) is 35.3 Å². The molecule has 0 aromatic heterocycles. The number of ether oxygens (including phenoxy) is 1. The highest BCUT2D eigenvalue weighted by Crippen LogP contribution is 2.16. The standard InChI is InChI=1S/C19H33N5O/c1-17(16-22-19(20-2)21-10-7-15-25-3)23-11-13-24(14-12-23)18-8-5-4-6-9-18/h4-6,8-9,17H,7,10-16H2,1-3H3,(H2,20,21,22). The average Bonchev–Trinajstić information content (AvgIpc) is 2.68. The molecule has 1 aliphatic rings. The van der Waals surface area contributed by atoms with Crippen molar-refractivity contribution in [3.05, 3.63) is 30.3 Å². The van der Waals surface area contributed by atoms with Crippen LogP contribution in [0.5, 0.6) is 0 Å². The van der Waals surface area contributed by atoms with Crippen molar-refractivity contribution in [2.24, 2.45) is 4.99 Å². The molecule has 1 aromatic carbocycles. The summed E-state index contributed by atoms with van der Waals surface area (Å²) in [5.41, 5.74) is 1.33. The SMILES string of the molecule is CN=C(NCCCOC)NCC(C)N1CCN(c2ccccc2)CC1. The number of nitrogens with one attached hydrogen (secondary N) is 2. The molecule has 0 radical (unpaired) electrons. The molecule has 25 heavy (non-hydrogen) atoms. The number of piperazine rings is 1. The summed E-state index contributed by atoms with van der Waals surface area (Å²) in [6.45, 7) is 9.17. The zero-order valence-corrected chi connectivity index (χ0v) is 15.9. The van der Waals surface area contributed by atoms with E-state index in [-0.39, 0.29) is 0 Å². The van der Waals surface area contributed by atoms with Gasteiger partial charge in [0.25, 0.3) is 0 Å². The van der Waals surface area contributed by atoms with Crippen LogP contribution in [0.1, 0.15) is 13.3 Å². The number of aliphatic imine (C=N–C) groups is 1. The highest BCUT2D eigenvalue weighted by atomic mass is 16.5. The molecule has 1 heterocycles. The van der Waals surface area contributed by atoms with Crippen molar-refractivity contribution in [2.45, 2.75) is 19.4 Å². The van der Waals surface area contributed by atoms with Crippen LogP contribution in [-0.4, -0.2) is 76.9 Å². The molecule has 2 N–H and O–H groups in total. The first kappa shape index (κ1) is 19.5. The summed E-state index contributed by atoms with van der Waals surface area (Å²) in [4.78, 5) is 9.29. The lowest BCUT2D eigenvalue weighted by Gasteiger charge is -2.39. The third-order valence-electron chi connectivity index (χ3n) is 4.67. The Balaban J connectivity index is 1.68. The minimum Gasteiger partial charge on any atom is -0.385 e. The van der Waals surface area contributed by atoms with Crippen molar-refractivity contribution in [3.63, 3.8) is 0 Å². The first-order valence-corrected chi connectivity index (χ1v) is 9.22. The maximum atomic E-state index is 5.06. The molecular weight excluding hydrogens is 314 g/mol. The number of methoxy groups -OCH3 is 1. The summed E-state index contributed by atoms with van der Waals surface area (Å²) in [6, 6.07) is 11.2. The molecule has 0 amide bonds. The first-order valence-electron chi connectivity index (χ1n) is 9.22. The van der Waals surface area contributed by atoms with Crippen LogP contribution in [0.4, 0.5) is 5.69 Å². The Bertz CT molecular complexity index is 500. The second-order valence-electron chi connectivity index (χ2n) is 6.43. The lowest BCUT2D eigenvalue weighted by Crippen LogP contribution is -2.53. The lowest BCUT2D eigenvalue weighted by molar-refractivity contribution is 0.194. The highest BCUT2D eigenvalue weighted by molar-refractivity contribution is 5.79. The van der Waals surface area contributed by atoms with Gasteiger partial charge in [0.05, 0.1) is 0 Å². The molecule has 1 fully saturated rings. The summed E-state index contributed by atoms with van der Waals surface area (Å²) in [6.07, 6.45) is 0.980. The number of guanidine groups is 1. The fourth-order valence-electron chi connectivity index (χ4n) is 3.08. The van der Waals surface area contributed by atoms with Gasteiger partial charge in [-0.1, -0.05) is 18.2 Å². The number of hydrogen-bond donors (Lipinski definition) is 2. The van der Waals surface area contributed by atoms with E-state index in [4.69, 9.17) is 4.74 Å². The molecule has 0 spiro atoms. The number of para-hydroxylation sites is 1. The minimum atomic E-state index is 0.482. The van der Waals surface area contributed by atoms with E-state index in [1.807, 2.05) is 7.05 Å². The topological polar surface area (TPSA) is 52.1 Å². The second kappa shape index (κ2) is 10.9. The van der Waals surface area contributed by atoms with Gasteiger partial charge in [0, 0.05) is 71.8 Å². The molecule has 1 atom stereocenters. The van der Waals surface area contributed by atoms with Crippen LogP contribution in [0, 0.1) is 0 Å². The van der Waals surface area contributed by atoms with Crippen LogP contribution in [0.3, 0.4) is 0 Å². The molecule has 6 nitrogen and oxygen atoms in total. The molecule has 0 saturated carbocycles. The number of rotatable bonds is 8. The van der Waals surface area contributed by atoms with Gasteiger partial charge in [-0.2, -0.15) is 0 Å². The Kier molecular flexibility index (Phi) is 8.55. The Morgan fingerprint density at radius 1 is 1.16 bits per heavy atom. The highest BCUT2D eigenvalue weighted by Gasteiger charge is 2.21. The van der Waals surface area contributed by atoms with Crippen LogP contribution in [0.25, 0.3) is 0 Å². The summed E-state index contributed by atoms with van der Waals surface area (Å²) in [5, 5.41) is 6.75. The zero-order chi connectivity index (χ0) is 17.9. The van der Waals surface area contributed by atoms with Crippen molar-refractivity contribution in [1.29, 1.82) is 0 Å². The van der Waals surface area contributed by atoms with Crippen molar-refractivity contribution >= 4 is 11.6 Å². The molecule has 0 bridgehead atoms. The predicted molar refractivity (Wildman–Crippen MR) is 106 cm³/mol. The van der Waals surface area contributed by atoms with Gasteiger partial charge < -0.3 is 20.3 Å². The van der Waals surface area contributed by atoms with Crippen LogP contribution >= 0.6 is 0 Å². The monoisotopic (exact) mass is 347 g/mol. The van der Waals surface area contributed by atoms with Gasteiger partial charge in [0.2, 0.25) is 0 Å². The van der Waals surface area contributed by atoms with Gasteiger partial charge in [-0.3, -0.25) is 9.89 Å². The van der Waals surface area contributed by atoms with Crippen molar-refractivity contribution in [2.75, 3.05) is 64.9 Å². The maximum Gasteiger partial charge on any atom is 0.191 e. The Morgan fingerprint density at radius 2 is 1.88 bits per heavy atom. The first-order chi connectivity index (χ1) is 12.2. The van der Waals surface area contributed by atoms with E-state index in [0.717, 1.165) is 58.3 Å². The molecule has 1 unspecified atom stereocenters. The van der Waals surface area contributed by atoms with Crippen LogP contribution in [-0.2, 0) is 4.74 Å². The van der Waals surface area contributed by atoms with E-state index in [9.17, 15) is 0 Å². The van der Waals surface area contributed by atoms with Gasteiger partial charge in [0.15, 0.2) is 5.96 Å². The summed E-state index contributed by atoms with van der Waals surface area (Å²) < 4.78 is 5.06. The molecule has 1 aliphatic heterocycles. The van der Waals surface area contributed by atoms with Gasteiger partial charge in [-0.25, -0.2) is 0 Å². The molecule has 1 aromatic rings. The predicted octanol–water partition coefficient (Wildman–Crippen LogP) is 1.40. The fourth-order valence-corrected chi connectivity index (χ4v) is 3.08. The minimum absolute atomic E-state index is 0.482. The van der Waals surface area contributed by atoms with Crippen molar-refractivity contribution < 1.29 is 4.74 Å². The summed E-state index contributed by atoms with van der Waals surface area (Å²) in [5.74, 6) is 0.867. The maximum absolute atomic E-state index is 5.06. The van der Waals surface area contributed by atoms with Crippen LogP contribution < -0.4 is 15.5 Å². The molecular formula is C19H33N5O. The summed E-state index contributed by atoms with van der Waals surface area (Å²) >= 11 is 0. The third kappa shape index (κ3) is 6.55. The second-order valence-corrected chi connectivity index (χ2v) is 6.43. The molecule has 2 rings (SSSR count). The molecule has 140 valence electrons. The van der Waals surface area contributed by atoms with Gasteiger partial charge in [-0.15, -0.1) is 0 Å². The van der Waals surface area contributed by atoms with Gasteiger partial charge >= 0.3 is 0 Å². The number of benzene rings is 1. The van der Waals surface area contributed by atoms with Gasteiger partial charge in [-0.05, 0) is 25.5 Å². The average molecular weight is 348 g/mol. The fraction of sp³-hybridized carbons (Fsp3) is 0.632. The summed E-state index contributed by atoms with van der Waals surface area (Å²) in [7, 11) is 3.54. The number of anilines is 1. The molecule has 1 saturated heterocycles. The van der Waals surface area contributed by atoms with Gasteiger partial charge in [0.1, 0.15) is 0 Å². The van der Waals surface area contributed by atoms with E-state index in [1.165, 1.54) is 5.69 Å². The lowest BCUT2D eigenvalue weighted by atomic mass is 10.2. The molecule has 6 heteroatoms. The quantitative estimate of drug-likeness (QED) is 0.423. The zero-order valence-electron chi connectivity index (χ0n) is 15.9. The Hall–Kier alpha value is -1.79.